The predicted octanol–water partition coefficient (Wildman–Crippen LogP) is 2.93. The average molecular weight is 456 g/mol. The van der Waals surface area contributed by atoms with Gasteiger partial charge in [-0.25, -0.2) is 4.79 Å². The third kappa shape index (κ3) is 6.21. The van der Waals surface area contributed by atoms with Gasteiger partial charge in [-0.15, -0.1) is 34.7 Å². The monoisotopic (exact) mass is 455 g/mol. The molecule has 0 aliphatic rings. The van der Waals surface area contributed by atoms with E-state index < -0.39 is 17.8 Å². The van der Waals surface area contributed by atoms with Crippen molar-refractivity contribution >= 4 is 69.8 Å². The molecule has 1 aromatic carbocycles. The summed E-state index contributed by atoms with van der Waals surface area (Å²) in [7, 11) is 0. The second-order valence-electron chi connectivity index (χ2n) is 5.44. The third-order valence-electron chi connectivity index (χ3n) is 3.36. The van der Waals surface area contributed by atoms with Gasteiger partial charge in [0, 0.05) is 5.69 Å². The molecule has 0 aliphatic carbocycles. The Kier molecular flexibility index (Phi) is 8.50. The van der Waals surface area contributed by atoms with Gasteiger partial charge in [0.15, 0.2) is 0 Å². The molecule has 0 fully saturated rings. The van der Waals surface area contributed by atoms with Crippen LogP contribution in [0.4, 0.5) is 11.4 Å². The lowest BCUT2D eigenvalue weighted by atomic mass is 10.2. The van der Waals surface area contributed by atoms with Gasteiger partial charge < -0.3 is 21.1 Å². The van der Waals surface area contributed by atoms with Crippen LogP contribution >= 0.6 is 34.7 Å². The highest BCUT2D eigenvalue weighted by atomic mass is 35.5. The van der Waals surface area contributed by atoms with Crippen LogP contribution in [0, 0.1) is 0 Å². The number of amides is 3. The highest BCUT2D eigenvalue weighted by molar-refractivity contribution is 8.01. The van der Waals surface area contributed by atoms with Crippen LogP contribution in [0.25, 0.3) is 0 Å². The second kappa shape index (κ2) is 10.8. The SMILES string of the molecule is CCOC(=O)c1sc(SCC(=O)Nc2ccccc2)c(C(N)=O)c1NC(=O)CCl. The smallest absolute Gasteiger partial charge is 0.350 e. The fourth-order valence-corrected chi connectivity index (χ4v) is 4.52. The number of thiophene rings is 1. The van der Waals surface area contributed by atoms with Crippen LogP contribution in [0.15, 0.2) is 34.5 Å². The van der Waals surface area contributed by atoms with Crippen molar-refractivity contribution < 1.29 is 23.9 Å². The number of alkyl halides is 1. The first-order chi connectivity index (χ1) is 13.9. The largest absolute Gasteiger partial charge is 0.462 e. The van der Waals surface area contributed by atoms with Gasteiger partial charge in [-0.05, 0) is 19.1 Å². The quantitative estimate of drug-likeness (QED) is 0.303. The van der Waals surface area contributed by atoms with Crippen molar-refractivity contribution in [2.45, 2.75) is 11.1 Å². The Morgan fingerprint density at radius 2 is 1.83 bits per heavy atom. The van der Waals surface area contributed by atoms with E-state index in [2.05, 4.69) is 10.6 Å². The molecule has 0 atom stereocenters. The maximum Gasteiger partial charge on any atom is 0.350 e. The van der Waals surface area contributed by atoms with Crippen LogP contribution in [0.2, 0.25) is 0 Å². The van der Waals surface area contributed by atoms with E-state index >= 15 is 0 Å². The Morgan fingerprint density at radius 1 is 1.14 bits per heavy atom. The van der Waals surface area contributed by atoms with Crippen molar-refractivity contribution in [3.63, 3.8) is 0 Å². The first kappa shape index (κ1) is 22.7. The van der Waals surface area contributed by atoms with Crippen molar-refractivity contribution in [2.75, 3.05) is 28.9 Å². The normalized spacial score (nSPS) is 10.3. The summed E-state index contributed by atoms with van der Waals surface area (Å²) in [5.41, 5.74) is 5.98. The summed E-state index contributed by atoms with van der Waals surface area (Å²) in [6.45, 7) is 1.73. The van der Waals surface area contributed by atoms with Crippen molar-refractivity contribution in [1.29, 1.82) is 0 Å². The van der Waals surface area contributed by atoms with Gasteiger partial charge in [0.1, 0.15) is 10.8 Å². The van der Waals surface area contributed by atoms with E-state index in [0.717, 1.165) is 23.1 Å². The molecule has 2 rings (SSSR count). The average Bonchev–Trinajstić information content (AvgIpc) is 3.05. The standard InChI is InChI=1S/C18H18ClN3O5S2/c1-2-27-17(26)15-14(22-11(23)8-19)13(16(20)25)18(29-15)28-9-12(24)21-10-6-4-3-5-7-10/h3-7H,2,8-9H2,1H3,(H2,20,25)(H,21,24)(H,22,23). The first-order valence-corrected chi connectivity index (χ1v) is 10.7. The molecule has 0 aliphatic heterocycles. The molecule has 3 amide bonds. The number of ether oxygens (including phenoxy) is 1. The lowest BCUT2D eigenvalue weighted by molar-refractivity contribution is -0.114. The summed E-state index contributed by atoms with van der Waals surface area (Å²) in [4.78, 5) is 48.2. The molecule has 11 heteroatoms. The topological polar surface area (TPSA) is 128 Å². The van der Waals surface area contributed by atoms with Crippen LogP contribution in [0.5, 0.6) is 0 Å². The summed E-state index contributed by atoms with van der Waals surface area (Å²) in [6.07, 6.45) is 0. The number of carbonyl (C=O) groups excluding carboxylic acids is 4. The number of hydrogen-bond acceptors (Lipinski definition) is 7. The summed E-state index contributed by atoms with van der Waals surface area (Å²) in [5, 5.41) is 5.14. The number of carbonyl (C=O) groups is 4. The minimum atomic E-state index is -0.854. The number of benzene rings is 1. The van der Waals surface area contributed by atoms with Gasteiger partial charge in [0.2, 0.25) is 11.8 Å². The summed E-state index contributed by atoms with van der Waals surface area (Å²) in [5.74, 6) is -2.91. The zero-order chi connectivity index (χ0) is 21.4. The van der Waals surface area contributed by atoms with Crippen molar-refractivity contribution in [3.05, 3.63) is 40.8 Å². The van der Waals surface area contributed by atoms with Crippen LogP contribution in [-0.2, 0) is 14.3 Å². The molecular weight excluding hydrogens is 438 g/mol. The van der Waals surface area contributed by atoms with Gasteiger partial charge in [-0.1, -0.05) is 18.2 Å². The molecule has 29 heavy (non-hydrogen) atoms. The van der Waals surface area contributed by atoms with E-state index in [1.54, 1.807) is 31.2 Å². The van der Waals surface area contributed by atoms with Crippen LogP contribution in [0.3, 0.4) is 0 Å². The van der Waals surface area contributed by atoms with Gasteiger partial charge in [0.25, 0.3) is 5.91 Å². The van der Waals surface area contributed by atoms with Crippen LogP contribution in [0.1, 0.15) is 27.0 Å². The Balaban J connectivity index is 2.28. The Labute approximate surface area is 180 Å². The molecule has 0 unspecified atom stereocenters. The van der Waals surface area contributed by atoms with Gasteiger partial charge >= 0.3 is 5.97 Å². The van der Waals surface area contributed by atoms with Gasteiger partial charge in [0.05, 0.1) is 27.8 Å². The molecule has 0 saturated heterocycles. The van der Waals surface area contributed by atoms with Crippen molar-refractivity contribution in [1.82, 2.24) is 0 Å². The molecule has 1 aromatic heterocycles. The Morgan fingerprint density at radius 3 is 2.41 bits per heavy atom. The molecule has 0 bridgehead atoms. The van der Waals surface area contributed by atoms with E-state index in [1.165, 1.54) is 0 Å². The fourth-order valence-electron chi connectivity index (χ4n) is 2.22. The molecule has 0 spiro atoms. The van der Waals surface area contributed by atoms with Crippen LogP contribution < -0.4 is 16.4 Å². The maximum absolute atomic E-state index is 12.3. The van der Waals surface area contributed by atoms with Crippen molar-refractivity contribution in [3.8, 4) is 0 Å². The summed E-state index contributed by atoms with van der Waals surface area (Å²) in [6, 6.07) is 8.86. The molecular formula is C18H18ClN3O5S2. The maximum atomic E-state index is 12.3. The molecule has 8 nitrogen and oxygen atoms in total. The lowest BCUT2D eigenvalue weighted by Gasteiger charge is -2.07. The van der Waals surface area contributed by atoms with Crippen LogP contribution in [-0.4, -0.2) is 41.9 Å². The predicted molar refractivity (Wildman–Crippen MR) is 114 cm³/mol. The van der Waals surface area contributed by atoms with Crippen molar-refractivity contribution in [2.24, 2.45) is 5.73 Å². The number of primary amides is 1. The summed E-state index contributed by atoms with van der Waals surface area (Å²) >= 11 is 7.45. The molecule has 0 radical (unpaired) electrons. The number of anilines is 2. The van der Waals surface area contributed by atoms with Gasteiger partial charge in [-0.2, -0.15) is 0 Å². The number of nitrogens with two attached hydrogens (primary N) is 1. The zero-order valence-electron chi connectivity index (χ0n) is 15.3. The number of nitrogens with one attached hydrogen (secondary N) is 2. The minimum Gasteiger partial charge on any atom is -0.462 e. The van der Waals surface area contributed by atoms with E-state index in [4.69, 9.17) is 22.1 Å². The summed E-state index contributed by atoms with van der Waals surface area (Å²) < 4.78 is 5.30. The van der Waals surface area contributed by atoms with Gasteiger partial charge in [-0.3, -0.25) is 14.4 Å². The number of rotatable bonds is 9. The molecule has 2 aromatic rings. The molecule has 4 N–H and O–H groups in total. The molecule has 0 saturated carbocycles. The highest BCUT2D eigenvalue weighted by Gasteiger charge is 2.28. The Bertz CT molecular complexity index is 918. The third-order valence-corrected chi connectivity index (χ3v) is 6.04. The van der Waals surface area contributed by atoms with E-state index in [0.29, 0.717) is 9.90 Å². The molecule has 1 heterocycles. The molecule has 154 valence electrons. The van der Waals surface area contributed by atoms with E-state index in [1.807, 2.05) is 6.07 Å². The number of esters is 1. The highest BCUT2D eigenvalue weighted by Crippen LogP contribution is 2.40. The number of thioether (sulfide) groups is 1. The Hall–Kier alpha value is -2.56. The zero-order valence-corrected chi connectivity index (χ0v) is 17.7. The fraction of sp³-hybridized carbons (Fsp3) is 0.222. The number of halogens is 1. The first-order valence-electron chi connectivity index (χ1n) is 8.34. The second-order valence-corrected chi connectivity index (χ2v) is 7.97. The van der Waals surface area contributed by atoms with E-state index in [9.17, 15) is 19.2 Å². The number of hydrogen-bond donors (Lipinski definition) is 3. The van der Waals surface area contributed by atoms with E-state index in [-0.39, 0.29) is 40.3 Å². The number of para-hydroxylation sites is 1. The lowest BCUT2D eigenvalue weighted by Crippen LogP contribution is -2.20. The minimum absolute atomic E-state index is 0.00471.